The van der Waals surface area contributed by atoms with E-state index in [-0.39, 0.29) is 23.8 Å². The molecule has 0 radical (unpaired) electrons. The summed E-state index contributed by atoms with van der Waals surface area (Å²) >= 11 is 0. The number of rotatable bonds is 6. The summed E-state index contributed by atoms with van der Waals surface area (Å²) in [5.74, 6) is -2.05. The summed E-state index contributed by atoms with van der Waals surface area (Å²) in [6, 6.07) is 2.76. The van der Waals surface area contributed by atoms with Gasteiger partial charge in [0.1, 0.15) is 11.6 Å². The standard InChI is InChI=1S/C16H23F2NO3S/c1-11(2)22-15-7-5-14(6-8-15)19-23(20,21)10-12-3-4-13(17)9-16(12)18/h3-4,9,11,14-15,19H,5-8,10H2,1-2H3. The molecule has 0 aliphatic heterocycles. The maximum Gasteiger partial charge on any atom is 0.216 e. The molecule has 130 valence electrons. The fourth-order valence-electron chi connectivity index (χ4n) is 2.84. The first-order valence-corrected chi connectivity index (χ1v) is 9.50. The quantitative estimate of drug-likeness (QED) is 0.860. The summed E-state index contributed by atoms with van der Waals surface area (Å²) in [6.07, 6.45) is 3.33. The third kappa shape index (κ3) is 5.82. The number of nitrogens with one attached hydrogen (secondary N) is 1. The molecule has 1 N–H and O–H groups in total. The van der Waals surface area contributed by atoms with Crippen molar-refractivity contribution in [2.75, 3.05) is 0 Å². The molecule has 0 heterocycles. The summed E-state index contributed by atoms with van der Waals surface area (Å²) in [7, 11) is -3.66. The summed E-state index contributed by atoms with van der Waals surface area (Å²) in [6.45, 7) is 3.96. The Morgan fingerprint density at radius 2 is 1.87 bits per heavy atom. The molecule has 1 aliphatic rings. The van der Waals surface area contributed by atoms with Crippen molar-refractivity contribution in [1.29, 1.82) is 0 Å². The van der Waals surface area contributed by atoms with E-state index in [1.54, 1.807) is 0 Å². The van der Waals surface area contributed by atoms with Crippen LogP contribution in [0.15, 0.2) is 18.2 Å². The third-order valence-corrected chi connectivity index (χ3v) is 5.23. The van der Waals surface area contributed by atoms with Gasteiger partial charge in [-0.05, 0) is 45.6 Å². The molecule has 0 aromatic heterocycles. The van der Waals surface area contributed by atoms with Gasteiger partial charge in [0.25, 0.3) is 0 Å². The van der Waals surface area contributed by atoms with Crippen LogP contribution in [-0.2, 0) is 20.5 Å². The molecule has 23 heavy (non-hydrogen) atoms. The van der Waals surface area contributed by atoms with Gasteiger partial charge in [-0.1, -0.05) is 6.07 Å². The molecule has 0 unspecified atom stereocenters. The Balaban J connectivity index is 1.89. The van der Waals surface area contributed by atoms with E-state index in [2.05, 4.69) is 4.72 Å². The molecular weight excluding hydrogens is 324 g/mol. The Morgan fingerprint density at radius 1 is 1.22 bits per heavy atom. The Labute approximate surface area is 136 Å². The predicted octanol–water partition coefficient (Wildman–Crippen LogP) is 3.12. The van der Waals surface area contributed by atoms with Crippen LogP contribution in [0.2, 0.25) is 0 Å². The highest BCUT2D eigenvalue weighted by molar-refractivity contribution is 7.88. The first-order valence-electron chi connectivity index (χ1n) is 7.84. The molecule has 0 bridgehead atoms. The van der Waals surface area contributed by atoms with Crippen molar-refractivity contribution in [3.8, 4) is 0 Å². The monoisotopic (exact) mass is 347 g/mol. The van der Waals surface area contributed by atoms with Gasteiger partial charge in [-0.25, -0.2) is 21.9 Å². The Hall–Kier alpha value is -1.05. The van der Waals surface area contributed by atoms with Crippen LogP contribution in [0.3, 0.4) is 0 Å². The molecule has 4 nitrogen and oxygen atoms in total. The smallest absolute Gasteiger partial charge is 0.216 e. The van der Waals surface area contributed by atoms with Gasteiger partial charge in [-0.15, -0.1) is 0 Å². The van der Waals surface area contributed by atoms with E-state index in [9.17, 15) is 17.2 Å². The van der Waals surface area contributed by atoms with Gasteiger partial charge in [0.05, 0.1) is 18.0 Å². The fraction of sp³-hybridized carbons (Fsp3) is 0.625. The van der Waals surface area contributed by atoms with Crippen molar-refractivity contribution in [3.05, 3.63) is 35.4 Å². The molecule has 2 rings (SSSR count). The van der Waals surface area contributed by atoms with Crippen LogP contribution < -0.4 is 4.72 Å². The highest BCUT2D eigenvalue weighted by Gasteiger charge is 2.26. The average Bonchev–Trinajstić information content (AvgIpc) is 2.43. The van der Waals surface area contributed by atoms with Crippen LogP contribution in [0.4, 0.5) is 8.78 Å². The molecule has 0 atom stereocenters. The largest absolute Gasteiger partial charge is 0.376 e. The van der Waals surface area contributed by atoms with E-state index in [1.807, 2.05) is 13.8 Å². The van der Waals surface area contributed by atoms with Crippen molar-refractivity contribution in [3.63, 3.8) is 0 Å². The molecular formula is C16H23F2NO3S. The van der Waals surface area contributed by atoms with Crippen molar-refractivity contribution < 1.29 is 21.9 Å². The zero-order valence-corrected chi connectivity index (χ0v) is 14.2. The van der Waals surface area contributed by atoms with Crippen LogP contribution in [0.1, 0.15) is 45.1 Å². The molecule has 1 aliphatic carbocycles. The third-order valence-electron chi connectivity index (χ3n) is 3.85. The predicted molar refractivity (Wildman–Crippen MR) is 84.4 cm³/mol. The van der Waals surface area contributed by atoms with E-state index >= 15 is 0 Å². The highest BCUT2D eigenvalue weighted by Crippen LogP contribution is 2.23. The lowest BCUT2D eigenvalue weighted by atomic mass is 9.93. The van der Waals surface area contributed by atoms with E-state index in [1.165, 1.54) is 0 Å². The zero-order valence-electron chi connectivity index (χ0n) is 13.4. The summed E-state index contributed by atoms with van der Waals surface area (Å²) < 4.78 is 59.1. The number of hydrogen-bond acceptors (Lipinski definition) is 3. The topological polar surface area (TPSA) is 55.4 Å². The van der Waals surface area contributed by atoms with Gasteiger partial charge in [-0.2, -0.15) is 0 Å². The lowest BCUT2D eigenvalue weighted by Crippen LogP contribution is -2.40. The minimum Gasteiger partial charge on any atom is -0.376 e. The lowest BCUT2D eigenvalue weighted by Gasteiger charge is -2.30. The number of halogens is 2. The van der Waals surface area contributed by atoms with Gasteiger partial charge in [0.2, 0.25) is 10.0 Å². The Bertz CT molecular complexity index is 626. The van der Waals surface area contributed by atoms with Gasteiger partial charge >= 0.3 is 0 Å². The van der Waals surface area contributed by atoms with Gasteiger partial charge < -0.3 is 4.74 Å². The second-order valence-corrected chi connectivity index (χ2v) is 8.03. The Kier molecular flexibility index (Phi) is 6.11. The van der Waals surface area contributed by atoms with Crippen LogP contribution in [0.25, 0.3) is 0 Å². The summed E-state index contributed by atoms with van der Waals surface area (Å²) in [5.41, 5.74) is -0.0317. The second-order valence-electron chi connectivity index (χ2n) is 6.27. The molecule has 1 saturated carbocycles. The molecule has 0 spiro atoms. The lowest BCUT2D eigenvalue weighted by molar-refractivity contribution is -0.0150. The first kappa shape index (κ1) is 18.3. The minimum absolute atomic E-state index is 0.0317. The van der Waals surface area contributed by atoms with Gasteiger partial charge in [0.15, 0.2) is 0 Å². The van der Waals surface area contributed by atoms with Crippen LogP contribution in [-0.4, -0.2) is 26.7 Å². The molecule has 1 aromatic carbocycles. The first-order chi connectivity index (χ1) is 10.7. The summed E-state index contributed by atoms with van der Waals surface area (Å²) in [5, 5.41) is 0. The SMILES string of the molecule is CC(C)OC1CCC(NS(=O)(=O)Cc2ccc(F)cc2F)CC1. The number of sulfonamides is 1. The molecule has 1 aromatic rings. The van der Waals surface area contributed by atoms with Crippen molar-refractivity contribution in [2.24, 2.45) is 0 Å². The van der Waals surface area contributed by atoms with Gasteiger partial charge in [-0.3, -0.25) is 0 Å². The van der Waals surface area contributed by atoms with Crippen LogP contribution in [0, 0.1) is 11.6 Å². The zero-order chi connectivity index (χ0) is 17.0. The van der Waals surface area contributed by atoms with E-state index < -0.39 is 27.4 Å². The van der Waals surface area contributed by atoms with Crippen molar-refractivity contribution >= 4 is 10.0 Å². The molecule has 7 heteroatoms. The van der Waals surface area contributed by atoms with Crippen LogP contribution in [0.5, 0.6) is 0 Å². The number of benzene rings is 1. The Morgan fingerprint density at radius 3 is 2.43 bits per heavy atom. The number of ether oxygens (including phenoxy) is 1. The normalized spacial score (nSPS) is 22.5. The number of hydrogen-bond donors (Lipinski definition) is 1. The summed E-state index contributed by atoms with van der Waals surface area (Å²) in [4.78, 5) is 0. The second kappa shape index (κ2) is 7.68. The van der Waals surface area contributed by atoms with Crippen LogP contribution >= 0.6 is 0 Å². The molecule has 1 fully saturated rings. The maximum absolute atomic E-state index is 13.6. The molecule has 0 saturated heterocycles. The highest BCUT2D eigenvalue weighted by atomic mass is 32.2. The average molecular weight is 347 g/mol. The minimum atomic E-state index is -3.66. The van der Waals surface area contributed by atoms with E-state index in [0.717, 1.165) is 25.0 Å². The van der Waals surface area contributed by atoms with Gasteiger partial charge in [0, 0.05) is 17.7 Å². The fourth-order valence-corrected chi connectivity index (χ4v) is 4.31. The maximum atomic E-state index is 13.6. The van der Waals surface area contributed by atoms with E-state index in [4.69, 9.17) is 4.74 Å². The van der Waals surface area contributed by atoms with Crippen molar-refractivity contribution in [1.82, 2.24) is 4.72 Å². The van der Waals surface area contributed by atoms with Crippen molar-refractivity contribution in [2.45, 2.75) is 63.5 Å². The molecule has 0 amide bonds. The van der Waals surface area contributed by atoms with E-state index in [0.29, 0.717) is 18.9 Å².